The second-order valence-corrected chi connectivity index (χ2v) is 7.79. The van der Waals surface area contributed by atoms with Gasteiger partial charge in [0.15, 0.2) is 0 Å². The first-order chi connectivity index (χ1) is 7.94. The van der Waals surface area contributed by atoms with Gasteiger partial charge in [-0.15, -0.1) is 0 Å². The van der Waals surface area contributed by atoms with Crippen molar-refractivity contribution in [1.82, 2.24) is 5.09 Å². The van der Waals surface area contributed by atoms with Crippen LogP contribution in [0.5, 0.6) is 5.75 Å². The van der Waals surface area contributed by atoms with Crippen LogP contribution in [0.1, 0.15) is 22.8 Å². The molecular weight excluding hydrogens is 352 g/mol. The summed E-state index contributed by atoms with van der Waals surface area (Å²) in [5.41, 5.74) is 1.48. The van der Waals surface area contributed by atoms with Gasteiger partial charge in [-0.25, -0.2) is 0 Å². The number of aryl methyl sites for hydroxylation is 1. The Hall–Kier alpha value is -0.550. The molecule has 0 fully saturated rings. The Labute approximate surface area is 114 Å². The van der Waals surface area contributed by atoms with E-state index in [1.165, 1.54) is 7.11 Å². The standard InChI is InChI=1S/C11H13INO3P/c1-4-17(15)10-7(16-3)5-6(2)9(12)8(10)11(14)13-17/h5H,4H2,1-3H3,(H,13,14,15). The largest absolute Gasteiger partial charge is 0.496 e. The number of carbonyl (C=O) groups is 1. The van der Waals surface area contributed by atoms with E-state index in [1.807, 2.05) is 19.9 Å². The van der Waals surface area contributed by atoms with E-state index in [9.17, 15) is 9.36 Å². The number of nitrogens with one attached hydrogen (secondary N) is 1. The maximum absolute atomic E-state index is 12.6. The summed E-state index contributed by atoms with van der Waals surface area (Å²) in [6.45, 7) is 3.72. The van der Waals surface area contributed by atoms with Gasteiger partial charge in [0.2, 0.25) is 7.29 Å². The third kappa shape index (κ3) is 1.80. The van der Waals surface area contributed by atoms with Gasteiger partial charge >= 0.3 is 0 Å². The molecule has 4 nitrogen and oxygen atoms in total. The molecule has 0 saturated heterocycles. The van der Waals surface area contributed by atoms with Gasteiger partial charge in [-0.3, -0.25) is 14.4 Å². The van der Waals surface area contributed by atoms with Crippen LogP contribution in [0.3, 0.4) is 0 Å². The normalized spacial score (nSPS) is 22.2. The fraction of sp³-hybridized carbons (Fsp3) is 0.364. The van der Waals surface area contributed by atoms with Crippen LogP contribution in [-0.4, -0.2) is 19.2 Å². The average Bonchev–Trinajstić information content (AvgIpc) is 2.57. The highest BCUT2D eigenvalue weighted by atomic mass is 127. The van der Waals surface area contributed by atoms with Crippen molar-refractivity contribution >= 4 is 41.1 Å². The van der Waals surface area contributed by atoms with Gasteiger partial charge in [-0.1, -0.05) is 6.92 Å². The smallest absolute Gasteiger partial charge is 0.258 e. The molecule has 1 aromatic rings. The Morgan fingerprint density at radius 1 is 1.53 bits per heavy atom. The SMILES string of the molecule is CCP1(=O)NC(=O)c2c(I)c(C)cc(OC)c21. The summed E-state index contributed by atoms with van der Waals surface area (Å²) < 4.78 is 18.8. The van der Waals surface area contributed by atoms with E-state index in [1.54, 1.807) is 0 Å². The summed E-state index contributed by atoms with van der Waals surface area (Å²) in [6.07, 6.45) is 0.404. The molecule has 0 radical (unpaired) electrons. The van der Waals surface area contributed by atoms with Gasteiger partial charge in [0.05, 0.1) is 18.0 Å². The van der Waals surface area contributed by atoms with Crippen molar-refractivity contribution in [3.8, 4) is 5.75 Å². The lowest BCUT2D eigenvalue weighted by atomic mass is 10.1. The number of amides is 1. The molecule has 6 heteroatoms. The maximum atomic E-state index is 12.6. The van der Waals surface area contributed by atoms with E-state index in [2.05, 4.69) is 27.7 Å². The maximum Gasteiger partial charge on any atom is 0.258 e. The minimum Gasteiger partial charge on any atom is -0.496 e. The first-order valence-electron chi connectivity index (χ1n) is 5.24. The average molecular weight is 365 g/mol. The number of hydrogen-bond donors (Lipinski definition) is 1. The van der Waals surface area contributed by atoms with Gasteiger partial charge in [0, 0.05) is 9.73 Å². The van der Waals surface area contributed by atoms with Crippen LogP contribution in [-0.2, 0) is 4.57 Å². The van der Waals surface area contributed by atoms with E-state index in [0.29, 0.717) is 22.8 Å². The minimum atomic E-state index is -2.83. The third-order valence-corrected chi connectivity index (χ3v) is 6.93. The number of carbonyl (C=O) groups excluding carboxylic acids is 1. The zero-order chi connectivity index (χ0) is 12.8. The highest BCUT2D eigenvalue weighted by Crippen LogP contribution is 2.49. The molecule has 92 valence electrons. The lowest BCUT2D eigenvalue weighted by Gasteiger charge is -2.14. The van der Waals surface area contributed by atoms with Crippen LogP contribution >= 0.6 is 29.9 Å². The summed E-state index contributed by atoms with van der Waals surface area (Å²) in [7, 11) is -1.29. The monoisotopic (exact) mass is 365 g/mol. The fourth-order valence-electron chi connectivity index (χ4n) is 1.99. The molecule has 1 aliphatic heterocycles. The second-order valence-electron chi connectivity index (χ2n) is 3.93. The lowest BCUT2D eigenvalue weighted by molar-refractivity contribution is 0.0985. The molecule has 1 heterocycles. The fourth-order valence-corrected chi connectivity index (χ4v) is 4.98. The zero-order valence-corrected chi connectivity index (χ0v) is 12.9. The predicted octanol–water partition coefficient (Wildman–Crippen LogP) is 2.27. The van der Waals surface area contributed by atoms with Crippen molar-refractivity contribution in [2.75, 3.05) is 13.3 Å². The Morgan fingerprint density at radius 2 is 2.18 bits per heavy atom. The molecule has 0 bridgehead atoms. The van der Waals surface area contributed by atoms with Gasteiger partial charge in [-0.2, -0.15) is 0 Å². The topological polar surface area (TPSA) is 55.4 Å². The van der Waals surface area contributed by atoms with Gasteiger partial charge in [0.25, 0.3) is 5.91 Å². The Morgan fingerprint density at radius 3 is 2.71 bits per heavy atom. The van der Waals surface area contributed by atoms with Crippen molar-refractivity contribution in [2.24, 2.45) is 0 Å². The van der Waals surface area contributed by atoms with Gasteiger partial charge in [0.1, 0.15) is 5.75 Å². The third-order valence-electron chi connectivity index (χ3n) is 2.92. The molecule has 0 saturated carbocycles. The first-order valence-corrected chi connectivity index (χ1v) is 8.21. The van der Waals surface area contributed by atoms with Gasteiger partial charge in [-0.05, 0) is 41.1 Å². The van der Waals surface area contributed by atoms with E-state index in [0.717, 1.165) is 9.13 Å². The molecular formula is C11H13INO3P. The quantitative estimate of drug-likeness (QED) is 0.646. The number of methoxy groups -OCH3 is 1. The summed E-state index contributed by atoms with van der Waals surface area (Å²) in [6, 6.07) is 1.84. The van der Waals surface area contributed by atoms with Crippen LogP contribution in [0, 0.1) is 10.5 Å². The molecule has 1 atom stereocenters. The van der Waals surface area contributed by atoms with E-state index < -0.39 is 7.29 Å². The van der Waals surface area contributed by atoms with Crippen LogP contribution in [0.2, 0.25) is 0 Å². The number of benzene rings is 1. The Bertz CT molecular complexity index is 556. The summed E-state index contributed by atoms with van der Waals surface area (Å²) in [5, 5.41) is 3.18. The Balaban J connectivity index is 2.85. The molecule has 0 aliphatic carbocycles. The van der Waals surface area contributed by atoms with E-state index in [-0.39, 0.29) is 5.91 Å². The second kappa shape index (κ2) is 4.28. The molecule has 1 unspecified atom stereocenters. The van der Waals surface area contributed by atoms with Crippen LogP contribution < -0.4 is 15.1 Å². The zero-order valence-electron chi connectivity index (χ0n) is 9.83. The van der Waals surface area contributed by atoms with Crippen molar-refractivity contribution in [1.29, 1.82) is 0 Å². The lowest BCUT2D eigenvalue weighted by Crippen LogP contribution is -2.14. The van der Waals surface area contributed by atoms with Gasteiger partial charge < -0.3 is 4.74 Å². The van der Waals surface area contributed by atoms with E-state index in [4.69, 9.17) is 4.74 Å². The molecule has 1 aromatic carbocycles. The summed E-state index contributed by atoms with van der Waals surface area (Å²) in [5.74, 6) is 0.290. The van der Waals surface area contributed by atoms with Crippen LogP contribution in [0.15, 0.2) is 6.07 Å². The highest BCUT2D eigenvalue weighted by molar-refractivity contribution is 14.1. The van der Waals surface area contributed by atoms with E-state index >= 15 is 0 Å². The van der Waals surface area contributed by atoms with Crippen LogP contribution in [0.4, 0.5) is 0 Å². The number of ether oxygens (including phenoxy) is 1. The molecule has 2 rings (SSSR count). The number of halogens is 1. The highest BCUT2D eigenvalue weighted by Gasteiger charge is 2.41. The van der Waals surface area contributed by atoms with Crippen molar-refractivity contribution in [3.05, 3.63) is 20.8 Å². The molecule has 1 aliphatic rings. The molecule has 17 heavy (non-hydrogen) atoms. The van der Waals surface area contributed by atoms with Crippen LogP contribution in [0.25, 0.3) is 0 Å². The number of fused-ring (bicyclic) bond motifs is 1. The minimum absolute atomic E-state index is 0.253. The summed E-state index contributed by atoms with van der Waals surface area (Å²) in [4.78, 5) is 11.9. The Kier molecular flexibility index (Phi) is 3.25. The molecule has 1 amide bonds. The molecule has 1 N–H and O–H groups in total. The first kappa shape index (κ1) is 12.9. The summed E-state index contributed by atoms with van der Waals surface area (Å²) >= 11 is 2.11. The van der Waals surface area contributed by atoms with Crippen molar-refractivity contribution in [2.45, 2.75) is 13.8 Å². The molecule has 0 aromatic heterocycles. The molecule has 0 spiro atoms. The van der Waals surface area contributed by atoms with Crippen molar-refractivity contribution in [3.63, 3.8) is 0 Å². The van der Waals surface area contributed by atoms with Crippen molar-refractivity contribution < 1.29 is 14.1 Å². The predicted molar refractivity (Wildman–Crippen MR) is 75.7 cm³/mol. The number of hydrogen-bond acceptors (Lipinski definition) is 3. The number of rotatable bonds is 2.